The van der Waals surface area contributed by atoms with Crippen LogP contribution in [0.15, 0.2) is 82.6 Å². The van der Waals surface area contributed by atoms with E-state index in [1.165, 1.54) is 20.6 Å². The summed E-state index contributed by atoms with van der Waals surface area (Å²) in [5.41, 5.74) is 0. The van der Waals surface area contributed by atoms with Gasteiger partial charge in [0.15, 0.2) is 15.0 Å². The van der Waals surface area contributed by atoms with Crippen molar-refractivity contribution in [2.75, 3.05) is 5.21 Å². The molecule has 10 heteroatoms. The first-order valence-corrected chi connectivity index (χ1v) is 10.9. The zero-order chi connectivity index (χ0) is 20.8. The van der Waals surface area contributed by atoms with E-state index in [9.17, 15) is 13.2 Å². The Bertz CT molecular complexity index is 1010. The second-order valence-corrected chi connectivity index (χ2v) is 8.84. The van der Waals surface area contributed by atoms with Crippen LogP contribution in [-0.2, 0) is 25.5 Å². The first-order valence-electron chi connectivity index (χ1n) is 7.63. The van der Waals surface area contributed by atoms with Crippen molar-refractivity contribution in [2.45, 2.75) is 16.2 Å². The van der Waals surface area contributed by atoms with Gasteiger partial charge in [-0.05, 0) is 35.0 Å². The van der Waals surface area contributed by atoms with Crippen molar-refractivity contribution >= 4 is 43.7 Å². The Morgan fingerprint density at radius 2 is 1.46 bits per heavy atom. The van der Waals surface area contributed by atoms with Crippen molar-refractivity contribution in [2.24, 2.45) is 0 Å². The van der Waals surface area contributed by atoms with Crippen LogP contribution < -0.4 is 0 Å². The van der Waals surface area contributed by atoms with E-state index in [2.05, 4.69) is 66.7 Å². The molecule has 28 heavy (non-hydrogen) atoms. The Morgan fingerprint density at radius 3 is 1.96 bits per heavy atom. The molecule has 0 heterocycles. The molecule has 0 aliphatic carbocycles. The lowest BCUT2D eigenvalue weighted by molar-refractivity contribution is -0.275. The summed E-state index contributed by atoms with van der Waals surface area (Å²) in [4.78, 5) is 2.60. The SMILES string of the molecule is ClC[S+](c1ccccc1)c1ccc2ccccc2c1.O=S(=O)([O-])OC(F)(F)F. The molecule has 150 valence electrons. The first-order chi connectivity index (χ1) is 13.1. The van der Waals surface area contributed by atoms with Crippen molar-refractivity contribution in [3.05, 3.63) is 72.8 Å². The van der Waals surface area contributed by atoms with Gasteiger partial charge < -0.3 is 4.55 Å². The van der Waals surface area contributed by atoms with Crippen molar-refractivity contribution in [3.8, 4) is 0 Å². The topological polar surface area (TPSA) is 66.4 Å². The molecule has 0 bridgehead atoms. The highest BCUT2D eigenvalue weighted by Gasteiger charge is 2.32. The van der Waals surface area contributed by atoms with Crippen LogP contribution in [0, 0.1) is 0 Å². The summed E-state index contributed by atoms with van der Waals surface area (Å²) in [5, 5.41) is 3.18. The van der Waals surface area contributed by atoms with Crippen LogP contribution in [0.5, 0.6) is 0 Å². The van der Waals surface area contributed by atoms with Crippen molar-refractivity contribution in [1.29, 1.82) is 0 Å². The molecule has 0 saturated heterocycles. The van der Waals surface area contributed by atoms with Crippen LogP contribution in [0.1, 0.15) is 0 Å². The Morgan fingerprint density at radius 1 is 0.893 bits per heavy atom. The number of rotatable bonds is 4. The second kappa shape index (κ2) is 9.62. The molecule has 0 aliphatic rings. The Kier molecular flexibility index (Phi) is 7.73. The summed E-state index contributed by atoms with van der Waals surface area (Å²) in [6, 6.07) is 25.6. The first kappa shape index (κ1) is 22.5. The normalized spacial score (nSPS) is 12.9. The van der Waals surface area contributed by atoms with Crippen LogP contribution in [0.4, 0.5) is 13.2 Å². The van der Waals surface area contributed by atoms with Crippen LogP contribution in [0.2, 0.25) is 0 Å². The third-order valence-corrected chi connectivity index (χ3v) is 6.27. The number of fused-ring (bicyclic) bond motifs is 1. The van der Waals surface area contributed by atoms with E-state index in [1.54, 1.807) is 0 Å². The Labute approximate surface area is 168 Å². The van der Waals surface area contributed by atoms with Crippen LogP contribution in [0.25, 0.3) is 10.8 Å². The molecule has 0 aliphatic heterocycles. The molecule has 3 aromatic carbocycles. The van der Waals surface area contributed by atoms with Crippen molar-refractivity contribution < 1.29 is 30.3 Å². The molecule has 3 aromatic rings. The Hall–Kier alpha value is -1.78. The summed E-state index contributed by atoms with van der Waals surface area (Å²) in [5.74, 6) is 0. The molecule has 0 saturated carbocycles. The van der Waals surface area contributed by atoms with Gasteiger partial charge in [0.25, 0.3) is 0 Å². The molecular formula is C18H14ClF3O4S2. The average molecular weight is 451 g/mol. The summed E-state index contributed by atoms with van der Waals surface area (Å²) in [7, 11) is -5.71. The molecule has 1 unspecified atom stereocenters. The summed E-state index contributed by atoms with van der Waals surface area (Å²) < 4.78 is 61.7. The molecule has 0 spiro atoms. The maximum absolute atomic E-state index is 10.8. The van der Waals surface area contributed by atoms with Gasteiger partial charge in [0.2, 0.25) is 10.4 Å². The third kappa shape index (κ3) is 7.33. The minimum absolute atomic E-state index is 0.0488. The summed E-state index contributed by atoms with van der Waals surface area (Å²) >= 11 is 6.20. The fraction of sp³-hybridized carbons (Fsp3) is 0.111. The van der Waals surface area contributed by atoms with E-state index < -0.39 is 16.8 Å². The Balaban J connectivity index is 0.000000266. The lowest BCUT2D eigenvalue weighted by atomic mass is 10.1. The van der Waals surface area contributed by atoms with E-state index >= 15 is 0 Å². The second-order valence-electron chi connectivity index (χ2n) is 5.26. The fourth-order valence-corrected chi connectivity index (χ4v) is 4.78. The predicted octanol–water partition coefficient (Wildman–Crippen LogP) is 5.06. The number of hydrogen-bond acceptors (Lipinski definition) is 4. The molecule has 0 aromatic heterocycles. The van der Waals surface area contributed by atoms with Gasteiger partial charge in [0.05, 0.1) is 10.9 Å². The number of alkyl halides is 4. The van der Waals surface area contributed by atoms with Crippen LogP contribution in [0.3, 0.4) is 0 Å². The van der Waals surface area contributed by atoms with Gasteiger partial charge in [0.1, 0.15) is 0 Å². The minimum atomic E-state index is -5.66. The van der Waals surface area contributed by atoms with Gasteiger partial charge in [0, 0.05) is 6.07 Å². The van der Waals surface area contributed by atoms with Gasteiger partial charge in [-0.3, -0.25) is 0 Å². The molecule has 1 atom stereocenters. The molecule has 0 fully saturated rings. The van der Waals surface area contributed by atoms with Crippen molar-refractivity contribution in [3.63, 3.8) is 0 Å². The van der Waals surface area contributed by atoms with E-state index in [0.29, 0.717) is 5.21 Å². The van der Waals surface area contributed by atoms with Gasteiger partial charge in [-0.1, -0.05) is 54.1 Å². The highest BCUT2D eigenvalue weighted by molar-refractivity contribution is 7.98. The van der Waals surface area contributed by atoms with Gasteiger partial charge in [-0.15, -0.1) is 13.2 Å². The molecule has 0 amide bonds. The number of benzene rings is 3. The maximum atomic E-state index is 10.8. The van der Waals surface area contributed by atoms with Gasteiger partial charge in [-0.2, -0.15) is 4.18 Å². The minimum Gasteiger partial charge on any atom is -0.725 e. The number of halogens is 4. The fourth-order valence-electron chi connectivity index (χ4n) is 2.28. The highest BCUT2D eigenvalue weighted by atomic mass is 35.5. The van der Waals surface area contributed by atoms with E-state index in [-0.39, 0.29) is 10.9 Å². The quantitative estimate of drug-likeness (QED) is 0.241. The van der Waals surface area contributed by atoms with E-state index in [0.717, 1.165) is 0 Å². The zero-order valence-corrected chi connectivity index (χ0v) is 16.5. The van der Waals surface area contributed by atoms with Gasteiger partial charge >= 0.3 is 6.36 Å². The van der Waals surface area contributed by atoms with Crippen molar-refractivity contribution in [1.82, 2.24) is 0 Å². The zero-order valence-electron chi connectivity index (χ0n) is 14.1. The van der Waals surface area contributed by atoms with Gasteiger partial charge in [-0.25, -0.2) is 8.42 Å². The standard InChI is InChI=1S/C17H14ClS.CHF3O4S/c18-13-19(16-8-2-1-3-9-16)17-11-10-14-6-4-5-7-15(14)12-17;2-1(3,4)8-9(5,6)7/h1-12H,13H2;(H,5,6,7)/q+1;/p-1. The molecule has 0 radical (unpaired) electrons. The number of hydrogen-bond donors (Lipinski definition) is 0. The lowest BCUT2D eigenvalue weighted by Crippen LogP contribution is -2.18. The molecule has 0 N–H and O–H groups in total. The summed E-state index contributed by atoms with van der Waals surface area (Å²) in [6.07, 6.45) is -5.42. The van der Waals surface area contributed by atoms with Crippen LogP contribution >= 0.6 is 11.6 Å². The molecule has 3 rings (SSSR count). The van der Waals surface area contributed by atoms with Crippen LogP contribution in [-0.4, -0.2) is 24.5 Å². The predicted molar refractivity (Wildman–Crippen MR) is 102 cm³/mol. The lowest BCUT2D eigenvalue weighted by Gasteiger charge is -2.08. The largest absolute Gasteiger partial charge is 0.725 e. The summed E-state index contributed by atoms with van der Waals surface area (Å²) in [6.45, 7) is 0. The van der Waals surface area contributed by atoms with E-state index in [1.807, 2.05) is 10.2 Å². The average Bonchev–Trinajstić information content (AvgIpc) is 2.61. The van der Waals surface area contributed by atoms with E-state index in [4.69, 9.17) is 24.6 Å². The highest BCUT2D eigenvalue weighted by Crippen LogP contribution is 2.27. The molecule has 4 nitrogen and oxygen atoms in total. The maximum Gasteiger partial charge on any atom is 0.536 e. The third-order valence-electron chi connectivity index (χ3n) is 3.34. The monoisotopic (exact) mass is 450 g/mol. The smallest absolute Gasteiger partial charge is 0.536 e. The molecular weight excluding hydrogens is 437 g/mol.